The average Bonchev–Trinajstić information content (AvgIpc) is 2.34. The third kappa shape index (κ3) is 19.5. The van der Waals surface area contributed by atoms with Crippen LogP contribution in [0.15, 0.2) is 0 Å². The van der Waals surface area contributed by atoms with Crippen LogP contribution in [0.3, 0.4) is 0 Å². The molecule has 0 fully saturated rings. The van der Waals surface area contributed by atoms with Gasteiger partial charge in [0, 0.05) is 6.54 Å². The van der Waals surface area contributed by atoms with Crippen molar-refractivity contribution < 1.29 is 5.21 Å². The lowest BCUT2D eigenvalue weighted by atomic mass is 10.1. The summed E-state index contributed by atoms with van der Waals surface area (Å²) in [5.41, 5.74) is 2.19. The zero-order valence-corrected chi connectivity index (χ0v) is 11.7. The van der Waals surface area contributed by atoms with E-state index in [1.807, 2.05) is 13.8 Å². The van der Waals surface area contributed by atoms with E-state index in [9.17, 15) is 0 Å². The van der Waals surface area contributed by atoms with Gasteiger partial charge in [0.1, 0.15) is 0 Å². The number of hydrogen-bond donors (Lipinski definition) is 2. The van der Waals surface area contributed by atoms with E-state index < -0.39 is 0 Å². The topological polar surface area (TPSA) is 32.3 Å². The van der Waals surface area contributed by atoms with E-state index in [0.717, 1.165) is 13.0 Å². The van der Waals surface area contributed by atoms with Crippen LogP contribution in [0.25, 0.3) is 0 Å². The third-order valence-corrected chi connectivity index (χ3v) is 2.64. The average molecular weight is 231 g/mol. The van der Waals surface area contributed by atoms with Gasteiger partial charge >= 0.3 is 0 Å². The van der Waals surface area contributed by atoms with Crippen molar-refractivity contribution in [2.24, 2.45) is 0 Å². The van der Waals surface area contributed by atoms with Crippen LogP contribution in [0.4, 0.5) is 0 Å². The Balaban J connectivity index is 0. The fourth-order valence-corrected chi connectivity index (χ4v) is 1.69. The van der Waals surface area contributed by atoms with E-state index in [4.69, 9.17) is 5.21 Å². The minimum absolute atomic E-state index is 0.747. The van der Waals surface area contributed by atoms with E-state index >= 15 is 0 Å². The number of hydrogen-bond acceptors (Lipinski definition) is 2. The molecule has 0 amide bonds. The Labute approximate surface area is 103 Å². The second-order valence-corrected chi connectivity index (χ2v) is 4.09. The summed E-state index contributed by atoms with van der Waals surface area (Å²) < 4.78 is 0. The maximum atomic E-state index is 8.34. The molecule has 100 valence electrons. The Bertz CT molecular complexity index is 84.7. The van der Waals surface area contributed by atoms with Gasteiger partial charge in [-0.05, 0) is 6.42 Å². The second-order valence-electron chi connectivity index (χ2n) is 4.09. The lowest BCUT2D eigenvalue weighted by molar-refractivity contribution is 0.164. The van der Waals surface area contributed by atoms with Gasteiger partial charge in [-0.25, -0.2) is 5.48 Å². The lowest BCUT2D eigenvalue weighted by Crippen LogP contribution is -2.07. The molecule has 0 heterocycles. The quantitative estimate of drug-likeness (QED) is 0.391. The van der Waals surface area contributed by atoms with Gasteiger partial charge in [0.25, 0.3) is 0 Å². The van der Waals surface area contributed by atoms with E-state index in [-0.39, 0.29) is 0 Å². The Hall–Kier alpha value is -0.0800. The van der Waals surface area contributed by atoms with Crippen LogP contribution >= 0.6 is 0 Å². The van der Waals surface area contributed by atoms with Gasteiger partial charge in [-0.1, -0.05) is 78.6 Å². The summed E-state index contributed by atoms with van der Waals surface area (Å²) in [5.74, 6) is 0. The second kappa shape index (κ2) is 20.3. The molecule has 0 aromatic rings. The zero-order chi connectivity index (χ0) is 12.5. The summed E-state index contributed by atoms with van der Waals surface area (Å²) in [6.45, 7) is 7.01. The maximum Gasteiger partial charge on any atom is 0.0207 e. The minimum Gasteiger partial charge on any atom is -0.317 e. The fraction of sp³-hybridized carbons (Fsp3) is 1.00. The standard InChI is InChI=1S/C12H27NO.C2H6/c1-2-3-4-5-6-7-8-9-10-11-12-13-14;1-2/h13-14H,2-12H2,1H3;1-2H3. The highest BCUT2D eigenvalue weighted by molar-refractivity contribution is 4.47. The molecule has 0 radical (unpaired) electrons. The molecule has 2 N–H and O–H groups in total. The molecule has 0 unspecified atom stereocenters. The number of nitrogens with one attached hydrogen (secondary N) is 1. The molecule has 0 aliphatic rings. The molecular formula is C14H33NO. The minimum atomic E-state index is 0.747. The highest BCUT2D eigenvalue weighted by Crippen LogP contribution is 2.09. The van der Waals surface area contributed by atoms with Crippen molar-refractivity contribution >= 4 is 0 Å². The van der Waals surface area contributed by atoms with Gasteiger partial charge < -0.3 is 5.21 Å². The lowest BCUT2D eigenvalue weighted by Gasteiger charge is -2.01. The summed E-state index contributed by atoms with van der Waals surface area (Å²) in [4.78, 5) is 0. The number of rotatable bonds is 11. The largest absolute Gasteiger partial charge is 0.317 e. The van der Waals surface area contributed by atoms with Crippen molar-refractivity contribution in [3.05, 3.63) is 0 Å². The van der Waals surface area contributed by atoms with Gasteiger partial charge in [-0.15, -0.1) is 0 Å². The molecule has 0 spiro atoms. The predicted octanol–water partition coefficient (Wildman–Crippen LogP) is 4.91. The first-order chi connectivity index (χ1) is 7.91. The Morgan fingerprint density at radius 3 is 1.44 bits per heavy atom. The molecule has 16 heavy (non-hydrogen) atoms. The molecule has 0 aliphatic heterocycles. The zero-order valence-electron chi connectivity index (χ0n) is 11.7. The molecule has 0 aromatic heterocycles. The van der Waals surface area contributed by atoms with E-state index in [0.29, 0.717) is 0 Å². The first-order valence-corrected chi connectivity index (χ1v) is 7.28. The van der Waals surface area contributed by atoms with Gasteiger partial charge in [0.2, 0.25) is 0 Å². The third-order valence-electron chi connectivity index (χ3n) is 2.64. The van der Waals surface area contributed by atoms with Gasteiger partial charge in [-0.3, -0.25) is 0 Å². The van der Waals surface area contributed by atoms with Crippen molar-refractivity contribution in [3.8, 4) is 0 Å². The number of hydroxylamine groups is 1. The molecule has 2 nitrogen and oxygen atoms in total. The van der Waals surface area contributed by atoms with Gasteiger partial charge in [-0.2, -0.15) is 0 Å². The molecule has 0 aliphatic carbocycles. The fourth-order valence-electron chi connectivity index (χ4n) is 1.69. The SMILES string of the molecule is CC.CCCCCCCCCCCCNO. The summed E-state index contributed by atoms with van der Waals surface area (Å²) in [5, 5.41) is 8.34. The summed E-state index contributed by atoms with van der Waals surface area (Å²) in [6.07, 6.45) is 13.5. The smallest absolute Gasteiger partial charge is 0.0207 e. The van der Waals surface area contributed by atoms with Crippen LogP contribution in [-0.4, -0.2) is 11.8 Å². The molecule has 2 heteroatoms. The van der Waals surface area contributed by atoms with Crippen LogP contribution < -0.4 is 5.48 Å². The van der Waals surface area contributed by atoms with Crippen LogP contribution in [0.5, 0.6) is 0 Å². The van der Waals surface area contributed by atoms with Gasteiger partial charge in [0.05, 0.1) is 0 Å². The molecule has 0 rings (SSSR count). The van der Waals surface area contributed by atoms with Crippen molar-refractivity contribution in [1.29, 1.82) is 0 Å². The van der Waals surface area contributed by atoms with E-state index in [1.54, 1.807) is 0 Å². The highest BCUT2D eigenvalue weighted by Gasteiger charge is 1.91. The summed E-state index contributed by atoms with van der Waals surface area (Å²) in [6, 6.07) is 0. The van der Waals surface area contributed by atoms with E-state index in [1.165, 1.54) is 57.8 Å². The molecule has 0 aromatic carbocycles. The monoisotopic (exact) mass is 231 g/mol. The molecule has 0 saturated carbocycles. The van der Waals surface area contributed by atoms with Crippen LogP contribution in [-0.2, 0) is 0 Å². The van der Waals surface area contributed by atoms with Gasteiger partial charge in [0.15, 0.2) is 0 Å². The van der Waals surface area contributed by atoms with E-state index in [2.05, 4.69) is 12.4 Å². The summed E-state index contributed by atoms with van der Waals surface area (Å²) >= 11 is 0. The van der Waals surface area contributed by atoms with Crippen molar-refractivity contribution in [3.63, 3.8) is 0 Å². The van der Waals surface area contributed by atoms with Crippen LogP contribution in [0, 0.1) is 0 Å². The van der Waals surface area contributed by atoms with Crippen molar-refractivity contribution in [1.82, 2.24) is 5.48 Å². The number of unbranched alkanes of at least 4 members (excludes halogenated alkanes) is 9. The van der Waals surface area contributed by atoms with Crippen LogP contribution in [0.2, 0.25) is 0 Å². The van der Waals surface area contributed by atoms with Crippen LogP contribution in [0.1, 0.15) is 85.0 Å². The molecule has 0 atom stereocenters. The molecule has 0 saturated heterocycles. The normalized spacial score (nSPS) is 9.75. The van der Waals surface area contributed by atoms with Crippen molar-refractivity contribution in [2.45, 2.75) is 85.0 Å². The Morgan fingerprint density at radius 2 is 1.06 bits per heavy atom. The molecular weight excluding hydrogens is 198 g/mol. The Kier molecular flexibility index (Phi) is 23.3. The first-order valence-electron chi connectivity index (χ1n) is 7.28. The first kappa shape index (κ1) is 18.3. The maximum absolute atomic E-state index is 8.34. The summed E-state index contributed by atoms with van der Waals surface area (Å²) in [7, 11) is 0. The Morgan fingerprint density at radius 1 is 0.688 bits per heavy atom. The molecule has 0 bridgehead atoms. The van der Waals surface area contributed by atoms with Crippen molar-refractivity contribution in [2.75, 3.05) is 6.54 Å². The highest BCUT2D eigenvalue weighted by atomic mass is 16.5. The predicted molar refractivity (Wildman–Crippen MR) is 73.0 cm³/mol.